The fourth-order valence-electron chi connectivity index (χ4n) is 7.27. The molecular formula is C34H52. The van der Waals surface area contributed by atoms with Crippen LogP contribution in [0.25, 0.3) is 0 Å². The first-order valence-electron chi connectivity index (χ1n) is 14.6. The van der Waals surface area contributed by atoms with Crippen LogP contribution in [-0.2, 0) is 0 Å². The zero-order chi connectivity index (χ0) is 24.2. The summed E-state index contributed by atoms with van der Waals surface area (Å²) in [6, 6.07) is 20.5. The molecule has 188 valence electrons. The van der Waals surface area contributed by atoms with Crippen LogP contribution in [0.2, 0.25) is 0 Å². The van der Waals surface area contributed by atoms with E-state index in [-0.39, 0.29) is 0 Å². The third kappa shape index (κ3) is 8.90. The molecule has 34 heavy (non-hydrogen) atoms. The van der Waals surface area contributed by atoms with Crippen molar-refractivity contribution in [2.45, 2.75) is 105 Å². The minimum absolute atomic E-state index is 1.14. The molecule has 4 bridgehead atoms. The summed E-state index contributed by atoms with van der Waals surface area (Å²) < 4.78 is 0. The smallest absolute Gasteiger partial charge is 0.0383 e. The normalized spacial score (nSPS) is 29.9. The molecule has 0 N–H and O–H groups in total. The van der Waals surface area contributed by atoms with Gasteiger partial charge in [-0.25, -0.2) is 0 Å². The highest BCUT2D eigenvalue weighted by Crippen LogP contribution is 2.50. The van der Waals surface area contributed by atoms with Crippen molar-refractivity contribution in [1.29, 1.82) is 0 Å². The Balaban J connectivity index is 0.000000129. The van der Waals surface area contributed by atoms with E-state index in [2.05, 4.69) is 52.0 Å². The van der Waals surface area contributed by atoms with Gasteiger partial charge in [-0.15, -0.1) is 0 Å². The van der Waals surface area contributed by atoms with Crippen LogP contribution in [0.1, 0.15) is 102 Å². The summed E-state index contributed by atoms with van der Waals surface area (Å²) in [4.78, 5) is 0. The van der Waals surface area contributed by atoms with Crippen LogP contribution in [-0.4, -0.2) is 0 Å². The number of hydrogen-bond acceptors (Lipinski definition) is 0. The van der Waals surface area contributed by atoms with Crippen LogP contribution >= 0.6 is 0 Å². The van der Waals surface area contributed by atoms with Crippen molar-refractivity contribution >= 4 is 0 Å². The summed E-state index contributed by atoms with van der Waals surface area (Å²) in [5, 5.41) is 0. The second-order valence-electron chi connectivity index (χ2n) is 11.8. The maximum Gasteiger partial charge on any atom is -0.0383 e. The Bertz CT molecular complexity index is 696. The number of hydrogen-bond donors (Lipinski definition) is 0. The van der Waals surface area contributed by atoms with Gasteiger partial charge in [0.25, 0.3) is 0 Å². The zero-order valence-electron chi connectivity index (χ0n) is 22.7. The molecule has 4 aliphatic rings. The summed E-state index contributed by atoms with van der Waals surface area (Å²) in [5.41, 5.74) is 2.64. The van der Waals surface area contributed by atoms with E-state index in [1.165, 1.54) is 36.8 Å². The van der Waals surface area contributed by atoms with Crippen molar-refractivity contribution in [2.24, 2.45) is 35.5 Å². The summed E-state index contributed by atoms with van der Waals surface area (Å²) in [5.74, 6) is 6.91. The van der Waals surface area contributed by atoms with Crippen LogP contribution in [0.4, 0.5) is 0 Å². The van der Waals surface area contributed by atoms with Crippen molar-refractivity contribution < 1.29 is 0 Å². The molecule has 2 aromatic rings. The van der Waals surface area contributed by atoms with Gasteiger partial charge in [0.15, 0.2) is 0 Å². The molecule has 0 saturated heterocycles. The molecule has 0 nitrogen and oxygen atoms in total. The molecule has 0 amide bonds. The molecule has 4 fully saturated rings. The van der Waals surface area contributed by atoms with Crippen LogP contribution in [0.5, 0.6) is 0 Å². The standard InChI is InChI=1S/2C10H18.2C7H8/c2*1-2-3-9-6-8-4-5-10(9)7-8;2*1-7-5-3-2-4-6-7/h2*8-10H,2-7H2,1H3;2*2-6H,1H3. The van der Waals surface area contributed by atoms with Gasteiger partial charge < -0.3 is 0 Å². The minimum Gasteiger partial charge on any atom is -0.0654 e. The SMILES string of the molecule is CCCC1CC2CCC1C2.CCCC1CC2CCC1C2.Cc1ccccc1.Cc1ccccc1. The Labute approximate surface area is 212 Å². The summed E-state index contributed by atoms with van der Waals surface area (Å²) in [7, 11) is 0. The largest absolute Gasteiger partial charge is 0.0654 e. The van der Waals surface area contributed by atoms with Gasteiger partial charge in [-0.05, 0) is 87.9 Å². The lowest BCUT2D eigenvalue weighted by Crippen LogP contribution is -2.09. The molecule has 0 aliphatic heterocycles. The van der Waals surface area contributed by atoms with E-state index in [0.717, 1.165) is 35.5 Å². The summed E-state index contributed by atoms with van der Waals surface area (Å²) >= 11 is 0. The van der Waals surface area contributed by atoms with E-state index in [1.54, 1.807) is 51.4 Å². The Morgan fingerprint density at radius 2 is 0.912 bits per heavy atom. The van der Waals surface area contributed by atoms with Gasteiger partial charge >= 0.3 is 0 Å². The Morgan fingerprint density at radius 3 is 1.12 bits per heavy atom. The van der Waals surface area contributed by atoms with Crippen LogP contribution in [0, 0.1) is 49.4 Å². The van der Waals surface area contributed by atoms with Crippen molar-refractivity contribution in [3.8, 4) is 0 Å². The lowest BCUT2D eigenvalue weighted by atomic mass is 9.86. The quantitative estimate of drug-likeness (QED) is 0.425. The fourth-order valence-corrected chi connectivity index (χ4v) is 7.27. The minimum atomic E-state index is 1.14. The Hall–Kier alpha value is -1.56. The predicted octanol–water partition coefficient (Wildman–Crippen LogP) is 10.4. The molecule has 0 aromatic heterocycles. The highest BCUT2D eigenvalue weighted by molar-refractivity contribution is 5.12. The first-order valence-corrected chi connectivity index (χ1v) is 14.6. The monoisotopic (exact) mass is 460 g/mol. The second-order valence-corrected chi connectivity index (χ2v) is 11.8. The molecule has 0 radical (unpaired) electrons. The summed E-state index contributed by atoms with van der Waals surface area (Å²) in [6.07, 6.45) is 18.4. The highest BCUT2D eigenvalue weighted by Gasteiger charge is 2.39. The average Bonchev–Trinajstić information content (AvgIpc) is 3.65. The van der Waals surface area contributed by atoms with Gasteiger partial charge in [0.2, 0.25) is 0 Å². The molecule has 0 heterocycles. The van der Waals surface area contributed by atoms with Crippen LogP contribution in [0.15, 0.2) is 60.7 Å². The van der Waals surface area contributed by atoms with Gasteiger partial charge in [-0.2, -0.15) is 0 Å². The molecule has 4 aliphatic carbocycles. The number of rotatable bonds is 4. The Kier molecular flexibility index (Phi) is 11.7. The fraction of sp³-hybridized carbons (Fsp3) is 0.647. The Morgan fingerprint density at radius 1 is 0.529 bits per heavy atom. The molecular weight excluding hydrogens is 408 g/mol. The van der Waals surface area contributed by atoms with Gasteiger partial charge in [0.05, 0.1) is 0 Å². The molecule has 6 unspecified atom stereocenters. The van der Waals surface area contributed by atoms with E-state index in [0.29, 0.717) is 0 Å². The van der Waals surface area contributed by atoms with Gasteiger partial charge in [0.1, 0.15) is 0 Å². The number of aryl methyl sites for hydroxylation is 2. The van der Waals surface area contributed by atoms with E-state index in [1.807, 2.05) is 36.4 Å². The van der Waals surface area contributed by atoms with E-state index >= 15 is 0 Å². The summed E-state index contributed by atoms with van der Waals surface area (Å²) in [6.45, 7) is 8.82. The predicted molar refractivity (Wildman–Crippen MR) is 150 cm³/mol. The molecule has 6 atom stereocenters. The van der Waals surface area contributed by atoms with Crippen LogP contribution < -0.4 is 0 Å². The van der Waals surface area contributed by atoms with Crippen LogP contribution in [0.3, 0.4) is 0 Å². The van der Waals surface area contributed by atoms with Gasteiger partial charge in [-0.3, -0.25) is 0 Å². The van der Waals surface area contributed by atoms with E-state index in [9.17, 15) is 0 Å². The average molecular weight is 461 g/mol. The molecule has 2 aromatic carbocycles. The van der Waals surface area contributed by atoms with E-state index in [4.69, 9.17) is 0 Å². The third-order valence-corrected chi connectivity index (χ3v) is 8.97. The second kappa shape index (κ2) is 14.8. The van der Waals surface area contributed by atoms with Gasteiger partial charge in [0, 0.05) is 0 Å². The van der Waals surface area contributed by atoms with E-state index < -0.39 is 0 Å². The lowest BCUT2D eigenvalue weighted by Gasteiger charge is -2.20. The number of fused-ring (bicyclic) bond motifs is 4. The van der Waals surface area contributed by atoms with Crippen molar-refractivity contribution in [3.05, 3.63) is 71.8 Å². The topological polar surface area (TPSA) is 0 Å². The highest BCUT2D eigenvalue weighted by atomic mass is 14.4. The van der Waals surface area contributed by atoms with Crippen molar-refractivity contribution in [3.63, 3.8) is 0 Å². The number of benzene rings is 2. The molecule has 0 heteroatoms. The molecule has 4 saturated carbocycles. The molecule has 6 rings (SSSR count). The van der Waals surface area contributed by atoms with Crippen molar-refractivity contribution in [1.82, 2.24) is 0 Å². The zero-order valence-corrected chi connectivity index (χ0v) is 22.7. The lowest BCUT2D eigenvalue weighted by molar-refractivity contribution is 0.312. The first kappa shape index (κ1) is 27.0. The van der Waals surface area contributed by atoms with Gasteiger partial charge in [-0.1, -0.05) is 124 Å². The molecule has 0 spiro atoms. The first-order chi connectivity index (χ1) is 16.6. The maximum absolute atomic E-state index is 2.33. The van der Waals surface area contributed by atoms with Crippen molar-refractivity contribution in [2.75, 3.05) is 0 Å². The third-order valence-electron chi connectivity index (χ3n) is 8.97. The maximum atomic E-state index is 2.33.